The average molecular weight is 97.2 g/mol. The number of hydrogen-bond donors (Lipinski definition) is 0. The molecule has 0 radical (unpaired) electrons. The van der Waals surface area contributed by atoms with Crippen LogP contribution < -0.4 is 0 Å². The fourth-order valence-corrected chi connectivity index (χ4v) is 0.224. The van der Waals surface area contributed by atoms with E-state index in [0.29, 0.717) is 0 Å². The molecular formula is C6H11N. The lowest BCUT2D eigenvalue weighted by atomic mass is 10.4. The molecule has 0 bridgehead atoms. The number of nitrogens with zero attached hydrogens (tertiary/aromatic N) is 1. The quantitative estimate of drug-likeness (QED) is 0.444. The minimum Gasteiger partial charge on any atom is -0.269 e. The molecule has 0 spiro atoms. The molecule has 0 unspecified atom stereocenters. The molecule has 0 aromatic carbocycles. The zero-order chi connectivity index (χ0) is 5.70. The molecule has 0 aromatic rings. The number of hydrogen-bond acceptors (Lipinski definition) is 1. The van der Waals surface area contributed by atoms with Crippen molar-refractivity contribution in [2.75, 3.05) is 0 Å². The topological polar surface area (TPSA) is 12.4 Å². The highest BCUT2D eigenvalue weighted by molar-refractivity contribution is 5.54. The lowest BCUT2D eigenvalue weighted by Crippen LogP contribution is -1.59. The van der Waals surface area contributed by atoms with Crippen LogP contribution in [-0.2, 0) is 0 Å². The monoisotopic (exact) mass is 97.1 g/mol. The Morgan fingerprint density at radius 1 is 1.43 bits per heavy atom. The Hall–Kier alpha value is -0.590. The second-order valence-corrected chi connectivity index (χ2v) is 1.61. The van der Waals surface area contributed by atoms with Crippen molar-refractivity contribution in [3.8, 4) is 0 Å². The highest BCUT2D eigenvalue weighted by atomic mass is 14.7. The summed E-state index contributed by atoms with van der Waals surface area (Å²) in [5.74, 6) is 0. The van der Waals surface area contributed by atoms with Gasteiger partial charge in [0.1, 0.15) is 0 Å². The van der Waals surface area contributed by atoms with Crippen LogP contribution in [0.1, 0.15) is 20.8 Å². The van der Waals surface area contributed by atoms with Crippen molar-refractivity contribution in [3.63, 3.8) is 0 Å². The van der Waals surface area contributed by atoms with Gasteiger partial charge in [-0.2, -0.15) is 0 Å². The van der Waals surface area contributed by atoms with Crippen LogP contribution >= 0.6 is 0 Å². The van der Waals surface area contributed by atoms with Crippen LogP contribution in [0.3, 0.4) is 0 Å². The van der Waals surface area contributed by atoms with Crippen molar-refractivity contribution in [2.45, 2.75) is 20.8 Å². The van der Waals surface area contributed by atoms with Gasteiger partial charge in [-0.15, -0.1) is 0 Å². The largest absolute Gasteiger partial charge is 0.269 e. The second kappa shape index (κ2) is 3.59. The lowest BCUT2D eigenvalue weighted by Gasteiger charge is -1.78. The van der Waals surface area contributed by atoms with Crippen LogP contribution in [0.15, 0.2) is 16.8 Å². The molecule has 0 saturated carbocycles. The first-order valence-electron chi connectivity index (χ1n) is 2.38. The fourth-order valence-electron chi connectivity index (χ4n) is 0.224. The first-order chi connectivity index (χ1) is 3.27. The smallest absolute Gasteiger partial charge is 0.0250 e. The van der Waals surface area contributed by atoms with Gasteiger partial charge in [0.2, 0.25) is 0 Å². The van der Waals surface area contributed by atoms with Crippen LogP contribution in [0.25, 0.3) is 0 Å². The number of rotatable bonds is 1. The third kappa shape index (κ3) is 5.41. The Morgan fingerprint density at radius 2 is 2.00 bits per heavy atom. The van der Waals surface area contributed by atoms with E-state index in [4.69, 9.17) is 0 Å². The maximum absolute atomic E-state index is 3.88. The summed E-state index contributed by atoms with van der Waals surface area (Å²) in [6.45, 7) is 5.94. The summed E-state index contributed by atoms with van der Waals surface area (Å²) in [5, 5.41) is 0. The summed E-state index contributed by atoms with van der Waals surface area (Å²) in [5.41, 5.74) is 1.23. The molecule has 0 fully saturated rings. The van der Waals surface area contributed by atoms with E-state index in [-0.39, 0.29) is 0 Å². The van der Waals surface area contributed by atoms with E-state index >= 15 is 0 Å². The maximum Gasteiger partial charge on any atom is 0.0250 e. The molecule has 0 aromatic heterocycles. The highest BCUT2D eigenvalue weighted by Gasteiger charge is 1.66. The minimum absolute atomic E-state index is 1.23. The summed E-state index contributed by atoms with van der Waals surface area (Å²) in [6.07, 6.45) is 3.60. The second-order valence-electron chi connectivity index (χ2n) is 1.61. The van der Waals surface area contributed by atoms with Gasteiger partial charge in [0, 0.05) is 12.4 Å². The zero-order valence-corrected chi connectivity index (χ0v) is 5.10. The van der Waals surface area contributed by atoms with Gasteiger partial charge >= 0.3 is 0 Å². The molecule has 0 aliphatic heterocycles. The maximum atomic E-state index is 3.88. The first kappa shape index (κ1) is 6.41. The average Bonchev–Trinajstić information content (AvgIpc) is 1.61. The first-order valence-corrected chi connectivity index (χ1v) is 2.38. The minimum atomic E-state index is 1.23. The van der Waals surface area contributed by atoms with Gasteiger partial charge in [0.15, 0.2) is 0 Å². The molecule has 7 heavy (non-hydrogen) atoms. The Kier molecular flexibility index (Phi) is 3.29. The van der Waals surface area contributed by atoms with E-state index in [9.17, 15) is 0 Å². The van der Waals surface area contributed by atoms with Crippen LogP contribution in [0.5, 0.6) is 0 Å². The normalized spacial score (nSPS) is 9.57. The molecule has 0 amide bonds. The van der Waals surface area contributed by atoms with Crippen LogP contribution in [0, 0.1) is 0 Å². The van der Waals surface area contributed by atoms with Gasteiger partial charge in [-0.3, -0.25) is 4.99 Å². The summed E-state index contributed by atoms with van der Waals surface area (Å²) in [6, 6.07) is 0. The molecule has 1 heteroatoms. The molecule has 40 valence electrons. The van der Waals surface area contributed by atoms with Crippen LogP contribution in [0.4, 0.5) is 0 Å². The molecule has 0 heterocycles. The van der Waals surface area contributed by atoms with E-state index in [2.05, 4.69) is 4.99 Å². The van der Waals surface area contributed by atoms with E-state index in [0.717, 1.165) is 0 Å². The zero-order valence-electron chi connectivity index (χ0n) is 5.10. The van der Waals surface area contributed by atoms with Crippen molar-refractivity contribution < 1.29 is 0 Å². The SMILES string of the molecule is C/C=N\C=C(C)C. The summed E-state index contributed by atoms with van der Waals surface area (Å²) in [7, 11) is 0. The molecule has 0 aliphatic rings. The van der Waals surface area contributed by atoms with Crippen LogP contribution in [0.2, 0.25) is 0 Å². The summed E-state index contributed by atoms with van der Waals surface area (Å²) < 4.78 is 0. The Balaban J connectivity index is 3.46. The summed E-state index contributed by atoms with van der Waals surface area (Å²) in [4.78, 5) is 3.88. The third-order valence-corrected chi connectivity index (χ3v) is 0.482. The summed E-state index contributed by atoms with van der Waals surface area (Å²) >= 11 is 0. The number of aliphatic imine (C=N–C) groups is 1. The van der Waals surface area contributed by atoms with Gasteiger partial charge in [-0.25, -0.2) is 0 Å². The molecule has 0 atom stereocenters. The fraction of sp³-hybridized carbons (Fsp3) is 0.500. The molecule has 0 rings (SSSR count). The van der Waals surface area contributed by atoms with Crippen molar-refractivity contribution in [2.24, 2.45) is 4.99 Å². The van der Waals surface area contributed by atoms with Crippen molar-refractivity contribution >= 4 is 6.21 Å². The molecule has 1 nitrogen and oxygen atoms in total. The van der Waals surface area contributed by atoms with E-state index in [1.807, 2.05) is 27.0 Å². The van der Waals surface area contributed by atoms with E-state index < -0.39 is 0 Å². The lowest BCUT2D eigenvalue weighted by molar-refractivity contribution is 1.34. The van der Waals surface area contributed by atoms with Gasteiger partial charge in [0.05, 0.1) is 0 Å². The highest BCUT2D eigenvalue weighted by Crippen LogP contribution is 1.85. The van der Waals surface area contributed by atoms with Crippen molar-refractivity contribution in [1.29, 1.82) is 0 Å². The van der Waals surface area contributed by atoms with Crippen molar-refractivity contribution in [3.05, 3.63) is 11.8 Å². The van der Waals surface area contributed by atoms with Crippen molar-refractivity contribution in [1.82, 2.24) is 0 Å². The predicted molar refractivity (Wildman–Crippen MR) is 33.6 cm³/mol. The van der Waals surface area contributed by atoms with Gasteiger partial charge in [-0.1, -0.05) is 5.57 Å². The standard InChI is InChI=1S/C6H11N/c1-4-7-5-6(2)3/h4-5H,1-3H3/b7-4-. The molecule has 0 aliphatic carbocycles. The Morgan fingerprint density at radius 3 is 2.14 bits per heavy atom. The Labute approximate surface area is 44.8 Å². The molecular weight excluding hydrogens is 86.1 g/mol. The van der Waals surface area contributed by atoms with Crippen LogP contribution in [-0.4, -0.2) is 6.21 Å². The molecule has 0 N–H and O–H groups in total. The van der Waals surface area contributed by atoms with E-state index in [1.165, 1.54) is 5.57 Å². The molecule has 0 saturated heterocycles. The number of allylic oxidation sites excluding steroid dienone is 1. The third-order valence-electron chi connectivity index (χ3n) is 0.482. The van der Waals surface area contributed by atoms with Gasteiger partial charge < -0.3 is 0 Å². The van der Waals surface area contributed by atoms with E-state index in [1.54, 1.807) is 6.21 Å². The van der Waals surface area contributed by atoms with Gasteiger partial charge in [0.25, 0.3) is 0 Å². The Bertz CT molecular complexity index is 86.4. The van der Waals surface area contributed by atoms with Gasteiger partial charge in [-0.05, 0) is 20.8 Å². The predicted octanol–water partition coefficient (Wildman–Crippen LogP) is 2.00.